The van der Waals surface area contributed by atoms with Gasteiger partial charge < -0.3 is 10.6 Å². The van der Waals surface area contributed by atoms with Crippen LogP contribution in [0.5, 0.6) is 0 Å². The number of hydrogen-bond donors (Lipinski definition) is 2. The molecular weight excluding hydrogens is 196 g/mol. The lowest BCUT2D eigenvalue weighted by atomic mass is 9.81. The number of para-hydroxylation sites is 1. The van der Waals surface area contributed by atoms with Crippen LogP contribution in [-0.2, 0) is 0 Å². The molecule has 0 aromatic heterocycles. The summed E-state index contributed by atoms with van der Waals surface area (Å²) in [4.78, 5) is 0. The minimum Gasteiger partial charge on any atom is -0.382 e. The summed E-state index contributed by atoms with van der Waals surface area (Å²) >= 11 is 0. The van der Waals surface area contributed by atoms with E-state index >= 15 is 0 Å². The van der Waals surface area contributed by atoms with Crippen LogP contribution in [0.2, 0.25) is 0 Å². The molecule has 1 fully saturated rings. The van der Waals surface area contributed by atoms with Gasteiger partial charge in [0.25, 0.3) is 0 Å². The number of benzene rings is 1. The average Bonchev–Trinajstić information content (AvgIpc) is 2.79. The Labute approximate surface area is 97.4 Å². The standard InChI is InChI=1S/C14H20N2/c1-2-5-12-11-8-9-15-14(11)10-6-3-4-7-13(10)16-12/h3-4,6-7,11-12,14-16H,2,5,8-9H2,1H3/t11-,12+,14+/m1/s1. The lowest BCUT2D eigenvalue weighted by molar-refractivity contribution is 0.366. The summed E-state index contributed by atoms with van der Waals surface area (Å²) in [5.74, 6) is 0.787. The summed E-state index contributed by atoms with van der Waals surface area (Å²) in [6.07, 6.45) is 3.87. The van der Waals surface area contributed by atoms with Gasteiger partial charge >= 0.3 is 0 Å². The van der Waals surface area contributed by atoms with Gasteiger partial charge in [-0.1, -0.05) is 31.5 Å². The van der Waals surface area contributed by atoms with E-state index in [0.717, 1.165) is 5.92 Å². The lowest BCUT2D eigenvalue weighted by Gasteiger charge is -2.37. The van der Waals surface area contributed by atoms with Gasteiger partial charge in [-0.3, -0.25) is 0 Å². The first-order valence-electron chi connectivity index (χ1n) is 6.49. The van der Waals surface area contributed by atoms with Crippen molar-refractivity contribution in [2.24, 2.45) is 5.92 Å². The summed E-state index contributed by atoms with van der Waals surface area (Å²) in [6.45, 7) is 3.45. The maximum Gasteiger partial charge on any atom is 0.0391 e. The van der Waals surface area contributed by atoms with E-state index in [1.807, 2.05) is 0 Å². The number of hydrogen-bond acceptors (Lipinski definition) is 2. The third kappa shape index (κ3) is 1.52. The molecule has 2 nitrogen and oxygen atoms in total. The van der Waals surface area contributed by atoms with Crippen molar-refractivity contribution in [3.63, 3.8) is 0 Å². The highest BCUT2D eigenvalue weighted by Gasteiger charge is 2.38. The van der Waals surface area contributed by atoms with E-state index in [1.54, 1.807) is 0 Å². The maximum absolute atomic E-state index is 3.73. The molecule has 0 spiro atoms. The van der Waals surface area contributed by atoms with Crippen molar-refractivity contribution in [1.82, 2.24) is 5.32 Å². The van der Waals surface area contributed by atoms with E-state index in [1.165, 1.54) is 37.1 Å². The summed E-state index contributed by atoms with van der Waals surface area (Å²) < 4.78 is 0. The Kier molecular flexibility index (Phi) is 2.60. The highest BCUT2D eigenvalue weighted by molar-refractivity contribution is 5.56. The van der Waals surface area contributed by atoms with Gasteiger partial charge in [0.05, 0.1) is 0 Å². The Balaban J connectivity index is 1.95. The van der Waals surface area contributed by atoms with E-state index in [-0.39, 0.29) is 0 Å². The highest BCUT2D eigenvalue weighted by atomic mass is 15.0. The summed E-state index contributed by atoms with van der Waals surface area (Å²) in [5, 5.41) is 7.39. The predicted molar refractivity (Wildman–Crippen MR) is 67.6 cm³/mol. The van der Waals surface area contributed by atoms with Crippen LogP contribution in [0.25, 0.3) is 0 Å². The fourth-order valence-corrected chi connectivity index (χ4v) is 3.30. The Bertz CT molecular complexity index is 375. The van der Waals surface area contributed by atoms with Crippen molar-refractivity contribution in [3.8, 4) is 0 Å². The molecule has 86 valence electrons. The largest absolute Gasteiger partial charge is 0.382 e. The van der Waals surface area contributed by atoms with Gasteiger partial charge in [-0.2, -0.15) is 0 Å². The molecule has 0 radical (unpaired) electrons. The lowest BCUT2D eigenvalue weighted by Crippen LogP contribution is -2.37. The summed E-state index contributed by atoms with van der Waals surface area (Å²) in [5.41, 5.74) is 2.81. The van der Waals surface area contributed by atoms with E-state index in [9.17, 15) is 0 Å². The maximum atomic E-state index is 3.73. The van der Waals surface area contributed by atoms with Crippen LogP contribution in [0, 0.1) is 5.92 Å². The first kappa shape index (κ1) is 10.2. The Morgan fingerprint density at radius 2 is 2.19 bits per heavy atom. The normalized spacial score (nSPS) is 31.7. The van der Waals surface area contributed by atoms with Gasteiger partial charge in [-0.05, 0) is 36.9 Å². The third-order valence-corrected chi connectivity index (χ3v) is 4.02. The van der Waals surface area contributed by atoms with E-state index in [0.29, 0.717) is 12.1 Å². The van der Waals surface area contributed by atoms with Gasteiger partial charge in [0.15, 0.2) is 0 Å². The fourth-order valence-electron chi connectivity index (χ4n) is 3.30. The highest BCUT2D eigenvalue weighted by Crippen LogP contribution is 2.42. The molecule has 2 aliphatic heterocycles. The molecule has 2 N–H and O–H groups in total. The van der Waals surface area contributed by atoms with Crippen LogP contribution < -0.4 is 10.6 Å². The SMILES string of the molecule is CCC[C@@H]1Nc2ccccc2[C@@H]2NCC[C@H]12. The molecule has 1 saturated heterocycles. The molecule has 2 aliphatic rings. The number of fused-ring (bicyclic) bond motifs is 3. The molecule has 1 aromatic carbocycles. The first-order valence-corrected chi connectivity index (χ1v) is 6.49. The number of rotatable bonds is 2. The second-order valence-electron chi connectivity index (χ2n) is 5.01. The molecule has 0 amide bonds. The van der Waals surface area contributed by atoms with Crippen molar-refractivity contribution in [1.29, 1.82) is 0 Å². The van der Waals surface area contributed by atoms with Crippen molar-refractivity contribution in [2.75, 3.05) is 11.9 Å². The van der Waals surface area contributed by atoms with E-state index < -0.39 is 0 Å². The minimum atomic E-state index is 0.592. The molecular formula is C14H20N2. The van der Waals surface area contributed by atoms with Crippen LogP contribution in [-0.4, -0.2) is 12.6 Å². The van der Waals surface area contributed by atoms with Crippen LogP contribution in [0.4, 0.5) is 5.69 Å². The van der Waals surface area contributed by atoms with E-state index in [2.05, 4.69) is 41.8 Å². The second-order valence-corrected chi connectivity index (χ2v) is 5.01. The summed E-state index contributed by atoms with van der Waals surface area (Å²) in [6, 6.07) is 10.0. The monoisotopic (exact) mass is 216 g/mol. The molecule has 2 heterocycles. The molecule has 0 bridgehead atoms. The zero-order valence-corrected chi connectivity index (χ0v) is 9.87. The van der Waals surface area contributed by atoms with Crippen LogP contribution >= 0.6 is 0 Å². The number of anilines is 1. The van der Waals surface area contributed by atoms with Gasteiger partial charge in [-0.15, -0.1) is 0 Å². The van der Waals surface area contributed by atoms with Gasteiger partial charge in [0, 0.05) is 17.8 Å². The minimum absolute atomic E-state index is 0.592. The second kappa shape index (κ2) is 4.10. The van der Waals surface area contributed by atoms with Gasteiger partial charge in [-0.25, -0.2) is 0 Å². The zero-order valence-electron chi connectivity index (χ0n) is 9.87. The number of nitrogens with one attached hydrogen (secondary N) is 2. The Hall–Kier alpha value is -1.02. The third-order valence-electron chi connectivity index (χ3n) is 4.02. The molecule has 0 aliphatic carbocycles. The van der Waals surface area contributed by atoms with E-state index in [4.69, 9.17) is 0 Å². The average molecular weight is 216 g/mol. The van der Waals surface area contributed by atoms with Crippen LogP contribution in [0.3, 0.4) is 0 Å². The molecule has 1 aromatic rings. The van der Waals surface area contributed by atoms with Crippen molar-refractivity contribution < 1.29 is 0 Å². The molecule has 0 unspecified atom stereocenters. The smallest absolute Gasteiger partial charge is 0.0391 e. The topological polar surface area (TPSA) is 24.1 Å². The van der Waals surface area contributed by atoms with Crippen molar-refractivity contribution in [3.05, 3.63) is 29.8 Å². The molecule has 3 atom stereocenters. The first-order chi connectivity index (χ1) is 7.90. The van der Waals surface area contributed by atoms with Gasteiger partial charge in [0.1, 0.15) is 0 Å². The zero-order chi connectivity index (χ0) is 11.0. The van der Waals surface area contributed by atoms with Crippen molar-refractivity contribution in [2.45, 2.75) is 38.3 Å². The Morgan fingerprint density at radius 3 is 3.06 bits per heavy atom. The van der Waals surface area contributed by atoms with Crippen molar-refractivity contribution >= 4 is 5.69 Å². The van der Waals surface area contributed by atoms with Crippen LogP contribution in [0.15, 0.2) is 24.3 Å². The van der Waals surface area contributed by atoms with Gasteiger partial charge in [0.2, 0.25) is 0 Å². The fraction of sp³-hybridized carbons (Fsp3) is 0.571. The quantitative estimate of drug-likeness (QED) is 0.794. The predicted octanol–water partition coefficient (Wildman–Crippen LogP) is 2.93. The molecule has 2 heteroatoms. The molecule has 3 rings (SSSR count). The molecule has 16 heavy (non-hydrogen) atoms. The van der Waals surface area contributed by atoms with Crippen LogP contribution in [0.1, 0.15) is 37.8 Å². The summed E-state index contributed by atoms with van der Waals surface area (Å²) in [7, 11) is 0. The Morgan fingerprint density at radius 1 is 1.31 bits per heavy atom. The molecule has 0 saturated carbocycles.